The van der Waals surface area contributed by atoms with Gasteiger partial charge in [0.2, 0.25) is 11.9 Å². The first-order valence-electron chi connectivity index (χ1n) is 7.59. The van der Waals surface area contributed by atoms with Gasteiger partial charge in [-0.05, 0) is 19.1 Å². The van der Waals surface area contributed by atoms with Crippen LogP contribution in [-0.2, 0) is 20.1 Å². The lowest BCUT2D eigenvalue weighted by Crippen LogP contribution is -2.55. The largest absolute Gasteiger partial charge is 0.453 e. The summed E-state index contributed by atoms with van der Waals surface area (Å²) in [5.41, 5.74) is 1.89. The van der Waals surface area contributed by atoms with Gasteiger partial charge >= 0.3 is 5.97 Å². The van der Waals surface area contributed by atoms with Gasteiger partial charge in [-0.15, -0.1) is 0 Å². The van der Waals surface area contributed by atoms with Gasteiger partial charge in [0.05, 0.1) is 5.56 Å². The van der Waals surface area contributed by atoms with Crippen molar-refractivity contribution in [3.8, 4) is 5.75 Å². The summed E-state index contributed by atoms with van der Waals surface area (Å²) in [6.45, 7) is 3.13. The van der Waals surface area contributed by atoms with Gasteiger partial charge < -0.3 is 14.2 Å². The normalized spacial score (nSPS) is 22.5. The summed E-state index contributed by atoms with van der Waals surface area (Å²) in [4.78, 5) is 24.6. The summed E-state index contributed by atoms with van der Waals surface area (Å²) in [5, 5.41) is 0. The maximum Gasteiger partial charge on any atom is 0.303 e. The Kier molecular flexibility index (Phi) is 4.11. The van der Waals surface area contributed by atoms with E-state index in [1.807, 2.05) is 19.1 Å². The molecule has 0 N–H and O–H groups in total. The van der Waals surface area contributed by atoms with Crippen LogP contribution >= 0.6 is 0 Å². The number of aryl methyl sites for hydroxylation is 1. The third-order valence-electron chi connectivity index (χ3n) is 4.01. The third-order valence-corrected chi connectivity index (χ3v) is 4.01. The first-order chi connectivity index (χ1) is 11.5. The quantitative estimate of drug-likeness (QED) is 0.812. The van der Waals surface area contributed by atoms with Crippen molar-refractivity contribution < 1.29 is 23.8 Å². The first-order valence-corrected chi connectivity index (χ1v) is 7.59. The van der Waals surface area contributed by atoms with E-state index in [2.05, 4.69) is 0 Å². The topological polar surface area (TPSA) is 61.8 Å². The van der Waals surface area contributed by atoms with Crippen molar-refractivity contribution in [2.75, 3.05) is 7.11 Å². The van der Waals surface area contributed by atoms with Crippen LogP contribution in [0.4, 0.5) is 0 Å². The molecule has 0 aliphatic carbocycles. The van der Waals surface area contributed by atoms with Crippen molar-refractivity contribution in [1.82, 2.24) is 0 Å². The standard InChI is InChI=1S/C19H18O5/c1-12-9-10-16-15(11-12)17(21)18(23-13(2)20)19(22-3,24-16)14-7-5-4-6-8-14/h4-11,18H,1-3H3/t18-,19-/m1/s1. The Morgan fingerprint density at radius 2 is 1.88 bits per heavy atom. The number of esters is 1. The van der Waals surface area contributed by atoms with Gasteiger partial charge in [-0.1, -0.05) is 42.0 Å². The number of ether oxygens (including phenoxy) is 3. The lowest BCUT2D eigenvalue weighted by molar-refractivity contribution is -0.233. The molecule has 0 saturated heterocycles. The van der Waals surface area contributed by atoms with Crippen LogP contribution in [0.15, 0.2) is 48.5 Å². The fourth-order valence-corrected chi connectivity index (χ4v) is 2.90. The molecule has 0 saturated carbocycles. The molecule has 0 spiro atoms. The molecule has 0 amide bonds. The zero-order valence-electron chi connectivity index (χ0n) is 13.7. The van der Waals surface area contributed by atoms with Crippen LogP contribution in [0.3, 0.4) is 0 Å². The second-order valence-electron chi connectivity index (χ2n) is 5.69. The molecule has 0 aromatic heterocycles. The van der Waals surface area contributed by atoms with E-state index in [0.29, 0.717) is 16.9 Å². The minimum atomic E-state index is -1.52. The van der Waals surface area contributed by atoms with E-state index in [0.717, 1.165) is 5.56 Å². The number of methoxy groups -OCH3 is 1. The number of benzene rings is 2. The van der Waals surface area contributed by atoms with Crippen LogP contribution in [0, 0.1) is 6.92 Å². The van der Waals surface area contributed by atoms with Crippen molar-refractivity contribution in [2.24, 2.45) is 0 Å². The number of ketones is 1. The molecule has 2 aromatic carbocycles. The Hall–Kier alpha value is -2.66. The average molecular weight is 326 g/mol. The molecule has 0 radical (unpaired) electrons. The third kappa shape index (κ3) is 2.57. The van der Waals surface area contributed by atoms with Crippen molar-refractivity contribution in [1.29, 1.82) is 0 Å². The highest BCUT2D eigenvalue weighted by molar-refractivity contribution is 6.04. The first kappa shape index (κ1) is 16.2. The Labute approximate surface area is 140 Å². The van der Waals surface area contributed by atoms with E-state index in [1.165, 1.54) is 14.0 Å². The van der Waals surface area contributed by atoms with Gasteiger partial charge in [0.1, 0.15) is 5.75 Å². The molecule has 2 aromatic rings. The predicted molar refractivity (Wildman–Crippen MR) is 86.8 cm³/mol. The SMILES string of the molecule is CO[C@]1(c2ccccc2)Oc2ccc(C)cc2C(=O)[C@H]1OC(C)=O. The van der Waals surface area contributed by atoms with E-state index in [-0.39, 0.29) is 5.78 Å². The molecule has 2 atom stereocenters. The fraction of sp³-hybridized carbons (Fsp3) is 0.263. The molecule has 5 heteroatoms. The zero-order valence-corrected chi connectivity index (χ0v) is 13.7. The molecular weight excluding hydrogens is 308 g/mol. The zero-order chi connectivity index (χ0) is 17.3. The Morgan fingerprint density at radius 3 is 2.50 bits per heavy atom. The highest BCUT2D eigenvalue weighted by Gasteiger charge is 2.54. The van der Waals surface area contributed by atoms with E-state index < -0.39 is 17.9 Å². The second-order valence-corrected chi connectivity index (χ2v) is 5.69. The predicted octanol–water partition coefficient (Wildman–Crippen LogP) is 3.00. The number of Topliss-reactive ketones (excluding diaryl/α,β-unsaturated/α-hetero) is 1. The van der Waals surface area contributed by atoms with Crippen LogP contribution < -0.4 is 4.74 Å². The highest BCUT2D eigenvalue weighted by Crippen LogP contribution is 2.42. The molecule has 0 bridgehead atoms. The van der Waals surface area contributed by atoms with E-state index in [1.54, 1.807) is 36.4 Å². The van der Waals surface area contributed by atoms with E-state index in [4.69, 9.17) is 14.2 Å². The number of carbonyl (C=O) groups is 2. The molecule has 0 unspecified atom stereocenters. The number of hydrogen-bond acceptors (Lipinski definition) is 5. The average Bonchev–Trinajstić information content (AvgIpc) is 2.58. The van der Waals surface area contributed by atoms with Gasteiger partial charge in [0.25, 0.3) is 5.79 Å². The highest BCUT2D eigenvalue weighted by atomic mass is 16.7. The van der Waals surface area contributed by atoms with Crippen LogP contribution in [0.2, 0.25) is 0 Å². The summed E-state index contributed by atoms with van der Waals surface area (Å²) in [6, 6.07) is 14.3. The number of carbonyl (C=O) groups excluding carboxylic acids is 2. The summed E-state index contributed by atoms with van der Waals surface area (Å²) in [5.74, 6) is -2.04. The molecule has 5 nitrogen and oxygen atoms in total. The maximum absolute atomic E-state index is 13.0. The minimum Gasteiger partial charge on any atom is -0.453 e. The van der Waals surface area contributed by atoms with Crippen molar-refractivity contribution in [3.63, 3.8) is 0 Å². The van der Waals surface area contributed by atoms with E-state index >= 15 is 0 Å². The van der Waals surface area contributed by atoms with Crippen molar-refractivity contribution in [3.05, 3.63) is 65.2 Å². The number of fused-ring (bicyclic) bond motifs is 1. The van der Waals surface area contributed by atoms with Gasteiger partial charge in [-0.25, -0.2) is 0 Å². The molecule has 1 aliphatic heterocycles. The summed E-state index contributed by atoms with van der Waals surface area (Å²) < 4.78 is 17.0. The van der Waals surface area contributed by atoms with Crippen LogP contribution in [0.5, 0.6) is 5.75 Å². The number of hydrogen-bond donors (Lipinski definition) is 0. The smallest absolute Gasteiger partial charge is 0.303 e. The van der Waals surface area contributed by atoms with Gasteiger partial charge in [0.15, 0.2) is 0 Å². The lowest BCUT2D eigenvalue weighted by Gasteiger charge is -2.41. The van der Waals surface area contributed by atoms with Crippen LogP contribution in [0.1, 0.15) is 28.4 Å². The minimum absolute atomic E-state index is 0.346. The lowest BCUT2D eigenvalue weighted by atomic mass is 9.89. The fourth-order valence-electron chi connectivity index (χ4n) is 2.90. The van der Waals surface area contributed by atoms with Gasteiger partial charge in [-0.2, -0.15) is 0 Å². The molecule has 124 valence electrons. The summed E-state index contributed by atoms with van der Waals surface area (Å²) in [6.07, 6.45) is -1.23. The molecule has 24 heavy (non-hydrogen) atoms. The molecule has 1 heterocycles. The monoisotopic (exact) mass is 326 g/mol. The van der Waals surface area contributed by atoms with Gasteiger partial charge in [0, 0.05) is 19.6 Å². The maximum atomic E-state index is 13.0. The summed E-state index contributed by atoms with van der Waals surface area (Å²) >= 11 is 0. The Bertz CT molecular complexity index is 784. The summed E-state index contributed by atoms with van der Waals surface area (Å²) in [7, 11) is 1.43. The molecule has 3 rings (SSSR count). The second kappa shape index (κ2) is 6.09. The van der Waals surface area contributed by atoms with Crippen LogP contribution in [0.25, 0.3) is 0 Å². The van der Waals surface area contributed by atoms with E-state index in [9.17, 15) is 9.59 Å². The molecule has 1 aliphatic rings. The van der Waals surface area contributed by atoms with Crippen LogP contribution in [-0.4, -0.2) is 25.0 Å². The van der Waals surface area contributed by atoms with Gasteiger partial charge in [-0.3, -0.25) is 9.59 Å². The number of rotatable bonds is 3. The van der Waals surface area contributed by atoms with Crippen molar-refractivity contribution in [2.45, 2.75) is 25.7 Å². The Balaban J connectivity index is 2.20. The molecule has 0 fully saturated rings. The Morgan fingerprint density at radius 1 is 1.17 bits per heavy atom. The van der Waals surface area contributed by atoms with Crippen molar-refractivity contribution >= 4 is 11.8 Å². The molecular formula is C19H18O5.